The predicted molar refractivity (Wildman–Crippen MR) is 52.8 cm³/mol. The largest absolute Gasteiger partial charge is 0.315 e. The van der Waals surface area contributed by atoms with E-state index in [4.69, 9.17) is 5.90 Å². The third kappa shape index (κ3) is 1.89. The average molecular weight is 214 g/mol. The molecule has 5 heteroatoms. The molecule has 0 spiro atoms. The van der Waals surface area contributed by atoms with Gasteiger partial charge in [0.25, 0.3) is 0 Å². The molecule has 0 radical (unpaired) electrons. The van der Waals surface area contributed by atoms with E-state index < -0.39 is 10.1 Å². The molecule has 0 atom stereocenters. The van der Waals surface area contributed by atoms with Gasteiger partial charge in [0.15, 0.2) is 0 Å². The van der Waals surface area contributed by atoms with Gasteiger partial charge in [0.1, 0.15) is 10.5 Å². The summed E-state index contributed by atoms with van der Waals surface area (Å²) in [7, 11) is -3.83. The van der Waals surface area contributed by atoms with Crippen LogP contribution in [-0.4, -0.2) is 8.42 Å². The molecule has 1 rings (SSSR count). The highest BCUT2D eigenvalue weighted by molar-refractivity contribution is 7.86. The fourth-order valence-corrected chi connectivity index (χ4v) is 2.49. The summed E-state index contributed by atoms with van der Waals surface area (Å²) in [5.74, 6) is 4.71. The summed E-state index contributed by atoms with van der Waals surface area (Å²) < 4.78 is 26.7. The number of benzene rings is 1. The molecule has 0 heterocycles. The normalized spacial score (nSPS) is 11.6. The predicted octanol–water partition coefficient (Wildman–Crippen LogP) is 1.06. The van der Waals surface area contributed by atoms with E-state index in [9.17, 15) is 8.42 Å². The zero-order valence-electron chi connectivity index (χ0n) is 8.07. The van der Waals surface area contributed by atoms with E-state index in [1.807, 2.05) is 0 Å². The van der Waals surface area contributed by atoms with Gasteiger partial charge in [-0.3, -0.25) is 0 Å². The second-order valence-electron chi connectivity index (χ2n) is 3.11. The molecule has 0 saturated carbocycles. The standard InChI is InChI=1S/C9H12NO3S/c1-6-4-7(2)9(8(3)5-6)14(11,12)13-10/h4-5H,1,10H2,2-3H3/q+1. The first-order valence-corrected chi connectivity index (χ1v) is 5.36. The van der Waals surface area contributed by atoms with E-state index in [0.717, 1.165) is 5.56 Å². The van der Waals surface area contributed by atoms with Crippen molar-refractivity contribution < 1.29 is 12.7 Å². The lowest BCUT2D eigenvalue weighted by molar-refractivity contribution is 0.332. The Balaban J connectivity index is 3.51. The Bertz CT molecular complexity index is 428. The van der Waals surface area contributed by atoms with Crippen LogP contribution in [-0.2, 0) is 14.4 Å². The minimum Gasteiger partial charge on any atom is -0.197 e. The lowest BCUT2D eigenvalue weighted by Gasteiger charge is -2.05. The van der Waals surface area contributed by atoms with Gasteiger partial charge >= 0.3 is 10.1 Å². The van der Waals surface area contributed by atoms with E-state index in [1.165, 1.54) is 0 Å². The molecule has 0 bridgehead atoms. The van der Waals surface area contributed by atoms with Gasteiger partial charge in [-0.2, -0.15) is 18.6 Å². The van der Waals surface area contributed by atoms with Crippen LogP contribution in [0.2, 0.25) is 0 Å². The van der Waals surface area contributed by atoms with Gasteiger partial charge in [-0.05, 0) is 13.8 Å². The highest BCUT2D eigenvalue weighted by Crippen LogP contribution is 2.22. The van der Waals surface area contributed by atoms with Crippen LogP contribution in [0.3, 0.4) is 0 Å². The Morgan fingerprint density at radius 1 is 1.29 bits per heavy atom. The van der Waals surface area contributed by atoms with Gasteiger partial charge in [-0.25, -0.2) is 0 Å². The summed E-state index contributed by atoms with van der Waals surface area (Å²) in [5.41, 5.74) is 1.93. The van der Waals surface area contributed by atoms with Crippen molar-refractivity contribution in [3.8, 4) is 0 Å². The lowest BCUT2D eigenvalue weighted by Crippen LogP contribution is -2.14. The van der Waals surface area contributed by atoms with E-state index in [-0.39, 0.29) is 4.90 Å². The van der Waals surface area contributed by atoms with Crippen LogP contribution < -0.4 is 5.90 Å². The fraction of sp³-hybridized carbons (Fsp3) is 0.222. The Hall–Kier alpha value is -1.04. The zero-order valence-corrected chi connectivity index (χ0v) is 8.89. The fourth-order valence-electron chi connectivity index (χ4n) is 1.48. The van der Waals surface area contributed by atoms with E-state index in [0.29, 0.717) is 11.1 Å². The maximum Gasteiger partial charge on any atom is 0.315 e. The van der Waals surface area contributed by atoms with E-state index in [2.05, 4.69) is 11.2 Å². The van der Waals surface area contributed by atoms with Crippen molar-refractivity contribution in [1.82, 2.24) is 0 Å². The summed E-state index contributed by atoms with van der Waals surface area (Å²) in [6, 6.07) is 3.33. The first-order chi connectivity index (χ1) is 6.38. The molecule has 0 amide bonds. The van der Waals surface area contributed by atoms with Gasteiger partial charge < -0.3 is 0 Å². The Morgan fingerprint density at radius 2 is 1.71 bits per heavy atom. The van der Waals surface area contributed by atoms with Crippen LogP contribution >= 0.6 is 0 Å². The first-order valence-electron chi connectivity index (χ1n) is 3.95. The molecule has 14 heavy (non-hydrogen) atoms. The number of hydrogen-bond donors (Lipinski definition) is 1. The molecule has 0 unspecified atom stereocenters. The van der Waals surface area contributed by atoms with E-state index >= 15 is 0 Å². The van der Waals surface area contributed by atoms with E-state index in [1.54, 1.807) is 26.0 Å². The van der Waals surface area contributed by atoms with Crippen LogP contribution in [0.5, 0.6) is 0 Å². The Kier molecular flexibility index (Phi) is 2.84. The van der Waals surface area contributed by atoms with Crippen molar-refractivity contribution >= 4 is 10.1 Å². The van der Waals surface area contributed by atoms with Crippen molar-refractivity contribution in [1.29, 1.82) is 0 Å². The molecule has 0 saturated heterocycles. The van der Waals surface area contributed by atoms with Crippen molar-refractivity contribution in [2.75, 3.05) is 0 Å². The maximum absolute atomic E-state index is 11.4. The van der Waals surface area contributed by atoms with Crippen molar-refractivity contribution in [3.05, 3.63) is 35.7 Å². The average Bonchev–Trinajstić information content (AvgIpc) is 2.01. The summed E-state index contributed by atoms with van der Waals surface area (Å²) in [5, 5.41) is 0. The Morgan fingerprint density at radius 3 is 2.07 bits per heavy atom. The number of aryl methyl sites for hydroxylation is 2. The molecule has 1 aromatic rings. The minimum atomic E-state index is -3.83. The molecule has 1 aromatic carbocycles. The quantitative estimate of drug-likeness (QED) is 0.590. The number of nitrogens with two attached hydrogens (primary N) is 1. The highest BCUT2D eigenvalue weighted by atomic mass is 32.2. The SMILES string of the molecule is [CH2+]c1cc(C)c(S(=O)(=O)ON)c(C)c1. The molecule has 0 aromatic heterocycles. The molecule has 0 aliphatic heterocycles. The smallest absolute Gasteiger partial charge is 0.197 e. The van der Waals surface area contributed by atoms with Crippen LogP contribution in [0.25, 0.3) is 0 Å². The monoisotopic (exact) mass is 214 g/mol. The van der Waals surface area contributed by atoms with Crippen LogP contribution in [0.1, 0.15) is 16.7 Å². The number of rotatable bonds is 2. The van der Waals surface area contributed by atoms with Gasteiger partial charge in [-0.15, -0.1) is 0 Å². The second kappa shape index (κ2) is 3.61. The van der Waals surface area contributed by atoms with Gasteiger partial charge in [-0.1, -0.05) is 0 Å². The molecule has 4 nitrogen and oxygen atoms in total. The van der Waals surface area contributed by atoms with Gasteiger partial charge in [0.05, 0.1) is 0 Å². The first kappa shape index (κ1) is 11.0. The lowest BCUT2D eigenvalue weighted by atomic mass is 10.1. The van der Waals surface area contributed by atoms with Gasteiger partial charge in [0.2, 0.25) is 0 Å². The second-order valence-corrected chi connectivity index (χ2v) is 4.62. The molecule has 0 aliphatic rings. The van der Waals surface area contributed by atoms with Crippen molar-refractivity contribution in [2.45, 2.75) is 18.7 Å². The summed E-state index contributed by atoms with van der Waals surface area (Å²) in [6.07, 6.45) is 0. The zero-order chi connectivity index (χ0) is 10.9. The molecule has 0 aliphatic carbocycles. The Labute approximate surface area is 83.8 Å². The summed E-state index contributed by atoms with van der Waals surface area (Å²) in [6.45, 7) is 7.07. The summed E-state index contributed by atoms with van der Waals surface area (Å²) >= 11 is 0. The summed E-state index contributed by atoms with van der Waals surface area (Å²) in [4.78, 5) is 0.118. The van der Waals surface area contributed by atoms with Crippen LogP contribution in [0.15, 0.2) is 17.0 Å². The molecular weight excluding hydrogens is 202 g/mol. The van der Waals surface area contributed by atoms with Crippen LogP contribution in [0.4, 0.5) is 0 Å². The van der Waals surface area contributed by atoms with Gasteiger partial charge in [0, 0.05) is 30.2 Å². The number of hydrogen-bond acceptors (Lipinski definition) is 4. The minimum absolute atomic E-state index is 0.118. The topological polar surface area (TPSA) is 69.4 Å². The molecule has 0 fully saturated rings. The van der Waals surface area contributed by atoms with Crippen molar-refractivity contribution in [2.24, 2.45) is 5.90 Å². The maximum atomic E-state index is 11.4. The van der Waals surface area contributed by atoms with Crippen LogP contribution in [0, 0.1) is 20.8 Å². The highest BCUT2D eigenvalue weighted by Gasteiger charge is 2.22. The molecular formula is C9H12NO3S+. The van der Waals surface area contributed by atoms with Crippen molar-refractivity contribution in [3.63, 3.8) is 0 Å². The third-order valence-corrected chi connectivity index (χ3v) is 3.29. The third-order valence-electron chi connectivity index (χ3n) is 1.90. The molecule has 76 valence electrons. The molecule has 2 N–H and O–H groups in total.